The minimum absolute atomic E-state index is 0.00593. The topological polar surface area (TPSA) is 78.1 Å². The highest BCUT2D eigenvalue weighted by Gasteiger charge is 2.16. The van der Waals surface area contributed by atoms with Crippen LogP contribution in [0.15, 0.2) is 24.3 Å². The van der Waals surface area contributed by atoms with E-state index in [-0.39, 0.29) is 16.4 Å². The van der Waals surface area contributed by atoms with E-state index in [1.54, 1.807) is 0 Å². The highest BCUT2D eigenvalue weighted by Crippen LogP contribution is 2.18. The van der Waals surface area contributed by atoms with Crippen LogP contribution in [0.2, 0.25) is 0 Å². The number of anilines is 1. The Labute approximate surface area is 93.8 Å². The van der Waals surface area contributed by atoms with Crippen molar-refractivity contribution >= 4 is 23.3 Å². The smallest absolute Gasteiger partial charge is 0.359 e. The molecule has 1 heterocycles. The third-order valence-corrected chi connectivity index (χ3v) is 2.43. The molecule has 0 bridgehead atoms. The van der Waals surface area contributed by atoms with E-state index in [1.165, 1.54) is 18.2 Å². The molecule has 0 amide bonds. The minimum Gasteiger partial charge on any atom is -0.422 e. The number of benzene rings is 1. The lowest BCUT2D eigenvalue weighted by Gasteiger charge is -2.01. The van der Waals surface area contributed by atoms with Crippen LogP contribution in [0.25, 0.3) is 0 Å². The van der Waals surface area contributed by atoms with Gasteiger partial charge in [-0.1, -0.05) is 10.6 Å². The molecule has 16 heavy (non-hydrogen) atoms. The van der Waals surface area contributed by atoms with Gasteiger partial charge in [0.25, 0.3) is 0 Å². The van der Waals surface area contributed by atoms with E-state index in [0.717, 1.165) is 17.6 Å². The Morgan fingerprint density at radius 1 is 1.50 bits per heavy atom. The molecule has 7 heteroatoms. The Hall–Kier alpha value is -2.02. The summed E-state index contributed by atoms with van der Waals surface area (Å²) in [6, 6.07) is 5.25. The van der Waals surface area contributed by atoms with E-state index in [1.807, 2.05) is 0 Å². The number of hydrogen-bond donors (Lipinski definition) is 1. The summed E-state index contributed by atoms with van der Waals surface area (Å²) in [6.07, 6.45) is 0. The first-order valence-corrected chi connectivity index (χ1v) is 5.00. The van der Waals surface area contributed by atoms with Gasteiger partial charge >= 0.3 is 5.97 Å². The fourth-order valence-corrected chi connectivity index (χ4v) is 1.48. The molecule has 0 fully saturated rings. The quantitative estimate of drug-likeness (QED) is 0.634. The highest BCUT2D eigenvalue weighted by molar-refractivity contribution is 7.08. The van der Waals surface area contributed by atoms with Gasteiger partial charge in [0, 0.05) is 6.07 Å². The van der Waals surface area contributed by atoms with Crippen LogP contribution < -0.4 is 10.5 Å². The summed E-state index contributed by atoms with van der Waals surface area (Å²) in [4.78, 5) is 11.6. The summed E-state index contributed by atoms with van der Waals surface area (Å²) >= 11 is 0.827. The van der Waals surface area contributed by atoms with E-state index >= 15 is 0 Å². The van der Waals surface area contributed by atoms with Gasteiger partial charge in [0.15, 0.2) is 10.7 Å². The number of esters is 1. The molecule has 1 aromatic heterocycles. The van der Waals surface area contributed by atoms with E-state index in [0.29, 0.717) is 0 Å². The number of carbonyl (C=O) groups excluding carboxylic acids is 1. The number of nitrogens with two attached hydrogens (primary N) is 1. The van der Waals surface area contributed by atoms with E-state index in [2.05, 4.69) is 9.59 Å². The number of hydrogen-bond acceptors (Lipinski definition) is 6. The van der Waals surface area contributed by atoms with Crippen molar-refractivity contribution in [3.8, 4) is 5.75 Å². The Morgan fingerprint density at radius 2 is 2.31 bits per heavy atom. The van der Waals surface area contributed by atoms with Crippen molar-refractivity contribution in [2.24, 2.45) is 0 Å². The van der Waals surface area contributed by atoms with Gasteiger partial charge < -0.3 is 10.5 Å². The monoisotopic (exact) mass is 239 g/mol. The average molecular weight is 239 g/mol. The van der Waals surface area contributed by atoms with Gasteiger partial charge in [0.1, 0.15) is 11.6 Å². The molecule has 2 rings (SSSR count). The molecule has 0 radical (unpaired) electrons. The van der Waals surface area contributed by atoms with Gasteiger partial charge in [-0.25, -0.2) is 9.18 Å². The lowest BCUT2D eigenvalue weighted by atomic mass is 10.3. The molecular formula is C9H6FN3O2S. The summed E-state index contributed by atoms with van der Waals surface area (Å²) < 4.78 is 21.2. The number of halogens is 1. The van der Waals surface area contributed by atoms with E-state index in [4.69, 9.17) is 10.5 Å². The number of aromatic nitrogens is 2. The third-order valence-electron chi connectivity index (χ3n) is 1.71. The Morgan fingerprint density at radius 3 is 2.94 bits per heavy atom. The van der Waals surface area contributed by atoms with Crippen LogP contribution in [0.4, 0.5) is 10.2 Å². The third kappa shape index (κ3) is 2.14. The minimum atomic E-state index is -0.696. The van der Waals surface area contributed by atoms with Gasteiger partial charge in [0.05, 0.1) is 0 Å². The number of ether oxygens (including phenoxy) is 1. The first-order valence-electron chi connectivity index (χ1n) is 4.22. The molecule has 0 aliphatic heterocycles. The molecule has 5 nitrogen and oxygen atoms in total. The van der Waals surface area contributed by atoms with Crippen LogP contribution in [0, 0.1) is 5.82 Å². The highest BCUT2D eigenvalue weighted by atomic mass is 32.1. The largest absolute Gasteiger partial charge is 0.422 e. The van der Waals surface area contributed by atoms with Gasteiger partial charge in [-0.2, -0.15) is 0 Å². The van der Waals surface area contributed by atoms with Gasteiger partial charge in [-0.3, -0.25) is 0 Å². The molecular weight excluding hydrogens is 233 g/mol. The first-order chi connectivity index (χ1) is 7.66. The molecule has 0 unspecified atom stereocenters. The maximum Gasteiger partial charge on any atom is 0.359 e. The molecule has 0 spiro atoms. The van der Waals surface area contributed by atoms with Crippen molar-refractivity contribution in [1.82, 2.24) is 9.59 Å². The van der Waals surface area contributed by atoms with Gasteiger partial charge in [-0.15, -0.1) is 5.10 Å². The Balaban J connectivity index is 2.17. The van der Waals surface area contributed by atoms with Gasteiger partial charge in [-0.05, 0) is 23.7 Å². The molecule has 0 aliphatic rings. The van der Waals surface area contributed by atoms with Crippen molar-refractivity contribution in [3.63, 3.8) is 0 Å². The number of nitrogens with zero attached hydrogens (tertiary/aromatic N) is 2. The summed E-state index contributed by atoms with van der Waals surface area (Å²) in [5, 5.41) is 3.47. The summed E-state index contributed by atoms with van der Waals surface area (Å²) in [7, 11) is 0. The van der Waals surface area contributed by atoms with Crippen LogP contribution in [0.5, 0.6) is 5.75 Å². The zero-order chi connectivity index (χ0) is 11.5. The predicted octanol–water partition coefficient (Wildman–Crippen LogP) is 1.48. The molecule has 0 aliphatic carbocycles. The van der Waals surface area contributed by atoms with Crippen molar-refractivity contribution in [2.45, 2.75) is 0 Å². The van der Waals surface area contributed by atoms with Crippen molar-refractivity contribution < 1.29 is 13.9 Å². The van der Waals surface area contributed by atoms with Crippen LogP contribution in [-0.4, -0.2) is 15.6 Å². The maximum atomic E-state index is 12.8. The zero-order valence-electron chi connectivity index (χ0n) is 7.88. The second kappa shape index (κ2) is 4.23. The predicted molar refractivity (Wildman–Crippen MR) is 55.7 cm³/mol. The maximum absolute atomic E-state index is 12.8. The second-order valence-corrected chi connectivity index (χ2v) is 3.59. The molecule has 0 saturated carbocycles. The van der Waals surface area contributed by atoms with Crippen molar-refractivity contribution in [2.75, 3.05) is 5.73 Å². The molecule has 2 aromatic rings. The van der Waals surface area contributed by atoms with Crippen molar-refractivity contribution in [1.29, 1.82) is 0 Å². The molecule has 2 N–H and O–H groups in total. The first kappa shape index (κ1) is 10.5. The summed E-state index contributed by atoms with van der Waals surface area (Å²) in [6.45, 7) is 0. The SMILES string of the molecule is Nc1nnsc1C(=O)Oc1cccc(F)c1. The fourth-order valence-electron chi connectivity index (χ4n) is 1.02. The second-order valence-electron chi connectivity index (χ2n) is 2.83. The number of rotatable bonds is 2. The normalized spacial score (nSPS) is 10.1. The Kier molecular flexibility index (Phi) is 2.78. The lowest BCUT2D eigenvalue weighted by Crippen LogP contribution is -2.09. The van der Waals surface area contributed by atoms with E-state index < -0.39 is 11.8 Å². The molecule has 0 saturated heterocycles. The summed E-state index contributed by atoms with van der Waals surface area (Å²) in [5.74, 6) is -1.07. The molecule has 1 aromatic carbocycles. The number of nitrogen functional groups attached to an aromatic ring is 1. The number of carbonyl (C=O) groups is 1. The molecule has 0 atom stereocenters. The summed E-state index contributed by atoms with van der Waals surface area (Å²) in [5.41, 5.74) is 5.39. The van der Waals surface area contributed by atoms with Crippen LogP contribution in [-0.2, 0) is 0 Å². The van der Waals surface area contributed by atoms with Crippen molar-refractivity contribution in [3.05, 3.63) is 35.0 Å². The van der Waals surface area contributed by atoms with E-state index in [9.17, 15) is 9.18 Å². The lowest BCUT2D eigenvalue weighted by molar-refractivity contribution is 0.0740. The molecule has 82 valence electrons. The average Bonchev–Trinajstić information content (AvgIpc) is 2.64. The standard InChI is InChI=1S/C9H6FN3O2S/c10-5-2-1-3-6(4-5)15-9(14)7-8(11)12-13-16-7/h1-4H,11H2. The van der Waals surface area contributed by atoms with Crippen LogP contribution in [0.1, 0.15) is 9.67 Å². The van der Waals surface area contributed by atoms with Crippen LogP contribution >= 0.6 is 11.5 Å². The van der Waals surface area contributed by atoms with Crippen LogP contribution in [0.3, 0.4) is 0 Å². The zero-order valence-corrected chi connectivity index (χ0v) is 8.70. The van der Waals surface area contributed by atoms with Gasteiger partial charge in [0.2, 0.25) is 0 Å². The Bertz CT molecular complexity index is 529. The fraction of sp³-hybridized carbons (Fsp3) is 0.